The second-order valence-corrected chi connectivity index (χ2v) is 9.32. The Labute approximate surface area is 191 Å². The summed E-state index contributed by atoms with van der Waals surface area (Å²) in [5, 5.41) is 6.19. The normalized spacial score (nSPS) is 18.2. The van der Waals surface area contributed by atoms with E-state index in [0.29, 0.717) is 37.0 Å². The smallest absolute Gasteiger partial charge is 0.232 e. The molecule has 0 saturated carbocycles. The minimum absolute atomic E-state index is 0.0406. The molecule has 0 fully saturated rings. The van der Waals surface area contributed by atoms with Gasteiger partial charge in [-0.15, -0.1) is 5.10 Å². The Bertz CT molecular complexity index is 983. The molecule has 1 atom stereocenters. The first kappa shape index (κ1) is 23.9. The number of nitrogens with zero attached hydrogens (tertiary/aromatic N) is 3. The third-order valence-electron chi connectivity index (χ3n) is 5.50. The average molecular weight is 438 g/mol. The van der Waals surface area contributed by atoms with Gasteiger partial charge in [-0.1, -0.05) is 40.3 Å². The predicted octanol–water partition coefficient (Wildman–Crippen LogP) is 5.39. The van der Waals surface area contributed by atoms with Crippen LogP contribution in [0.3, 0.4) is 0 Å². The van der Waals surface area contributed by atoms with Crippen molar-refractivity contribution >= 4 is 17.5 Å². The zero-order valence-corrected chi connectivity index (χ0v) is 20.2. The van der Waals surface area contributed by atoms with Crippen LogP contribution < -0.4 is 0 Å². The van der Waals surface area contributed by atoms with Gasteiger partial charge in [0.25, 0.3) is 0 Å². The van der Waals surface area contributed by atoms with Crippen LogP contribution in [-0.4, -0.2) is 41.8 Å². The van der Waals surface area contributed by atoms with Gasteiger partial charge >= 0.3 is 0 Å². The van der Waals surface area contributed by atoms with E-state index >= 15 is 0 Å². The van der Waals surface area contributed by atoms with E-state index in [1.54, 1.807) is 5.01 Å². The molecule has 0 amide bonds. The number of hydrogen-bond donors (Lipinski definition) is 0. The molecule has 6 nitrogen and oxygen atoms in total. The number of carbonyl (C=O) groups is 1. The summed E-state index contributed by atoms with van der Waals surface area (Å²) in [6.45, 7) is 18.3. The summed E-state index contributed by atoms with van der Waals surface area (Å²) in [5.74, 6) is 1.30. The van der Waals surface area contributed by atoms with Gasteiger partial charge in [0.2, 0.25) is 5.90 Å². The molecule has 0 saturated heterocycles. The lowest BCUT2D eigenvalue weighted by Crippen LogP contribution is -2.28. The highest BCUT2D eigenvalue weighted by atomic mass is 16.5. The molecule has 1 unspecified atom stereocenters. The molecule has 6 heteroatoms. The number of hydrazone groups is 1. The van der Waals surface area contributed by atoms with Gasteiger partial charge in [-0.2, -0.15) is 0 Å². The molecule has 0 radical (unpaired) electrons. The van der Waals surface area contributed by atoms with Crippen molar-refractivity contribution in [3.05, 3.63) is 58.8 Å². The first-order valence-corrected chi connectivity index (χ1v) is 11.4. The van der Waals surface area contributed by atoms with Gasteiger partial charge in [-0.05, 0) is 54.5 Å². The van der Waals surface area contributed by atoms with Gasteiger partial charge in [0.1, 0.15) is 6.04 Å². The minimum Gasteiger partial charge on any atom is -0.477 e. The van der Waals surface area contributed by atoms with E-state index in [2.05, 4.69) is 45.4 Å². The summed E-state index contributed by atoms with van der Waals surface area (Å²) < 4.78 is 11.3. The second kappa shape index (κ2) is 9.82. The number of amidine groups is 1. The van der Waals surface area contributed by atoms with Crippen LogP contribution in [0.2, 0.25) is 0 Å². The zero-order chi connectivity index (χ0) is 23.5. The van der Waals surface area contributed by atoms with E-state index in [9.17, 15) is 4.79 Å². The Kier molecular flexibility index (Phi) is 7.34. The van der Waals surface area contributed by atoms with Crippen LogP contribution in [0.4, 0.5) is 0 Å². The Morgan fingerprint density at radius 3 is 2.62 bits per heavy atom. The van der Waals surface area contributed by atoms with E-state index < -0.39 is 0 Å². The predicted molar refractivity (Wildman–Crippen MR) is 129 cm³/mol. The van der Waals surface area contributed by atoms with Crippen molar-refractivity contribution in [2.45, 2.75) is 72.4 Å². The Morgan fingerprint density at radius 2 is 1.97 bits per heavy atom. The van der Waals surface area contributed by atoms with Gasteiger partial charge in [0, 0.05) is 24.7 Å². The maximum absolute atomic E-state index is 13.3. The third kappa shape index (κ3) is 5.36. The van der Waals surface area contributed by atoms with Gasteiger partial charge in [-0.25, -0.2) is 5.01 Å². The Morgan fingerprint density at radius 1 is 1.22 bits per heavy atom. The highest BCUT2D eigenvalue weighted by Gasteiger charge is 2.34. The fourth-order valence-electron chi connectivity index (χ4n) is 3.69. The second-order valence-electron chi connectivity index (χ2n) is 9.32. The molecule has 3 rings (SSSR count). The van der Waals surface area contributed by atoms with E-state index in [-0.39, 0.29) is 23.7 Å². The molecule has 1 aromatic rings. The number of ketones is 1. The van der Waals surface area contributed by atoms with Gasteiger partial charge in [0.05, 0.1) is 18.9 Å². The van der Waals surface area contributed by atoms with Crippen molar-refractivity contribution in [3.63, 3.8) is 0 Å². The van der Waals surface area contributed by atoms with Gasteiger partial charge in [0.15, 0.2) is 11.6 Å². The number of Topliss-reactive ketones (excluding diaryl/α,β-unsaturated/α-hetero) is 1. The molecule has 1 aromatic carbocycles. The number of benzene rings is 1. The van der Waals surface area contributed by atoms with Crippen LogP contribution in [0.5, 0.6) is 0 Å². The summed E-state index contributed by atoms with van der Waals surface area (Å²) in [4.78, 5) is 18.1. The number of carbonyl (C=O) groups excluding carboxylic acids is 1. The van der Waals surface area contributed by atoms with E-state index in [4.69, 9.17) is 14.5 Å². The number of hydrogen-bond acceptors (Lipinski definition) is 6. The number of ether oxygens (including phenoxy) is 2. The van der Waals surface area contributed by atoms with Crippen LogP contribution in [-0.2, 0) is 21.5 Å². The number of aliphatic imine (C=N–C) groups is 1. The molecular formula is C26H35N3O3. The summed E-state index contributed by atoms with van der Waals surface area (Å²) in [6.07, 6.45) is 3.08. The van der Waals surface area contributed by atoms with Crippen LogP contribution >= 0.6 is 0 Å². The van der Waals surface area contributed by atoms with Crippen molar-refractivity contribution in [2.24, 2.45) is 10.1 Å². The fourth-order valence-corrected chi connectivity index (χ4v) is 3.69. The lowest BCUT2D eigenvalue weighted by molar-refractivity contribution is 0.0976. The molecule has 0 aromatic heterocycles. The van der Waals surface area contributed by atoms with E-state index in [1.165, 1.54) is 0 Å². The lowest BCUT2D eigenvalue weighted by atomic mass is 9.84. The SMILES string of the molecule is C=C1C(CC(=O)c2cc(COCCC)cc(C(C)(C)C)c2)N=C2C(C)=CC(OCC)=NN12. The van der Waals surface area contributed by atoms with Crippen molar-refractivity contribution in [2.75, 3.05) is 13.2 Å². The summed E-state index contributed by atoms with van der Waals surface area (Å²) in [6, 6.07) is 5.74. The Hall–Kier alpha value is -2.73. The van der Waals surface area contributed by atoms with Crippen molar-refractivity contribution in [3.8, 4) is 0 Å². The van der Waals surface area contributed by atoms with Gasteiger partial charge in [-0.3, -0.25) is 9.79 Å². The van der Waals surface area contributed by atoms with Crippen molar-refractivity contribution in [1.82, 2.24) is 5.01 Å². The molecular weight excluding hydrogens is 402 g/mol. The first-order chi connectivity index (χ1) is 15.1. The lowest BCUT2D eigenvalue weighted by Gasteiger charge is -2.22. The van der Waals surface area contributed by atoms with Crippen LogP contribution in [0.15, 0.2) is 52.2 Å². The molecule has 0 N–H and O–H groups in total. The zero-order valence-electron chi connectivity index (χ0n) is 20.2. The quantitative estimate of drug-likeness (QED) is 0.404. The molecule has 2 aliphatic rings. The first-order valence-electron chi connectivity index (χ1n) is 11.4. The Balaban J connectivity index is 1.82. The molecule has 2 heterocycles. The van der Waals surface area contributed by atoms with Crippen LogP contribution in [0.25, 0.3) is 0 Å². The minimum atomic E-state index is -0.344. The summed E-state index contributed by atoms with van der Waals surface area (Å²) in [7, 11) is 0. The molecule has 0 bridgehead atoms. The molecule has 172 valence electrons. The van der Waals surface area contributed by atoms with Crippen molar-refractivity contribution in [1.29, 1.82) is 0 Å². The van der Waals surface area contributed by atoms with Crippen LogP contribution in [0.1, 0.15) is 75.9 Å². The van der Waals surface area contributed by atoms with Gasteiger partial charge < -0.3 is 9.47 Å². The van der Waals surface area contributed by atoms with Crippen molar-refractivity contribution < 1.29 is 14.3 Å². The average Bonchev–Trinajstić information content (AvgIpc) is 3.04. The number of fused-ring (bicyclic) bond motifs is 1. The summed E-state index contributed by atoms with van der Waals surface area (Å²) >= 11 is 0. The molecule has 32 heavy (non-hydrogen) atoms. The highest BCUT2D eigenvalue weighted by molar-refractivity contribution is 6.09. The maximum atomic E-state index is 13.3. The largest absolute Gasteiger partial charge is 0.477 e. The molecule has 2 aliphatic heterocycles. The molecule has 0 spiro atoms. The molecule has 0 aliphatic carbocycles. The number of rotatable bonds is 8. The fraction of sp³-hybridized carbons (Fsp3) is 0.500. The standard InChI is InChI=1S/C26H35N3O3/c1-8-10-31-16-19-12-20(14-21(13-19)26(5,6)7)23(30)15-22-18(4)29-25(27-22)17(3)11-24(28-29)32-9-2/h11-14,22H,4,8-10,15-16H2,1-3,5-7H3. The highest BCUT2D eigenvalue weighted by Crippen LogP contribution is 2.31. The van der Waals surface area contributed by atoms with Crippen LogP contribution in [0, 0.1) is 0 Å². The van der Waals surface area contributed by atoms with E-state index in [1.807, 2.05) is 32.1 Å². The maximum Gasteiger partial charge on any atom is 0.232 e. The monoisotopic (exact) mass is 437 g/mol. The summed E-state index contributed by atoms with van der Waals surface area (Å²) in [5.41, 5.74) is 4.40. The van der Waals surface area contributed by atoms with E-state index in [0.717, 1.165) is 29.0 Å². The topological polar surface area (TPSA) is 63.5 Å². The third-order valence-corrected chi connectivity index (χ3v) is 5.50.